The summed E-state index contributed by atoms with van der Waals surface area (Å²) in [6.45, 7) is 8.13. The number of aromatic nitrogens is 1. The van der Waals surface area contributed by atoms with Crippen molar-refractivity contribution in [2.75, 3.05) is 31.6 Å². The number of pyridine rings is 1. The number of hydrogen-bond acceptors (Lipinski definition) is 5. The molecular formula is C31H32ClN3O3. The van der Waals surface area contributed by atoms with Crippen molar-refractivity contribution in [1.82, 2.24) is 9.88 Å². The van der Waals surface area contributed by atoms with Gasteiger partial charge in [0.25, 0.3) is 5.91 Å². The summed E-state index contributed by atoms with van der Waals surface area (Å²) in [6, 6.07) is 25.8. The van der Waals surface area contributed by atoms with Gasteiger partial charge in [-0.05, 0) is 104 Å². The van der Waals surface area contributed by atoms with Gasteiger partial charge in [0, 0.05) is 29.0 Å². The molecule has 0 spiro atoms. The molecular weight excluding hydrogens is 498 g/mol. The van der Waals surface area contributed by atoms with Gasteiger partial charge in [0.05, 0.1) is 17.9 Å². The van der Waals surface area contributed by atoms with Gasteiger partial charge in [0.15, 0.2) is 0 Å². The van der Waals surface area contributed by atoms with E-state index in [2.05, 4.69) is 29.0 Å². The van der Waals surface area contributed by atoms with Gasteiger partial charge in [-0.2, -0.15) is 0 Å². The predicted molar refractivity (Wildman–Crippen MR) is 153 cm³/mol. The number of amides is 1. The minimum atomic E-state index is -0.219. The van der Waals surface area contributed by atoms with Crippen molar-refractivity contribution < 1.29 is 14.3 Å². The summed E-state index contributed by atoms with van der Waals surface area (Å²) < 4.78 is 11.7. The number of carbonyl (C=O) groups is 1. The highest BCUT2D eigenvalue weighted by atomic mass is 35.5. The van der Waals surface area contributed by atoms with E-state index in [1.165, 1.54) is 0 Å². The Hall–Kier alpha value is -3.87. The van der Waals surface area contributed by atoms with Crippen LogP contribution in [0.2, 0.25) is 5.02 Å². The summed E-state index contributed by atoms with van der Waals surface area (Å²) in [6.07, 6.45) is 2.56. The van der Waals surface area contributed by atoms with Crippen LogP contribution in [0.15, 0.2) is 91.1 Å². The zero-order valence-corrected chi connectivity index (χ0v) is 22.4. The Morgan fingerprint density at radius 3 is 2.08 bits per heavy atom. The van der Waals surface area contributed by atoms with Crippen LogP contribution >= 0.6 is 11.6 Å². The third-order valence-corrected chi connectivity index (χ3v) is 6.37. The Morgan fingerprint density at radius 2 is 1.47 bits per heavy atom. The van der Waals surface area contributed by atoms with E-state index in [-0.39, 0.29) is 5.91 Å². The molecule has 196 valence electrons. The average Bonchev–Trinajstić information content (AvgIpc) is 2.96. The lowest BCUT2D eigenvalue weighted by molar-refractivity contribution is 0.102. The maximum Gasteiger partial charge on any atom is 0.257 e. The van der Waals surface area contributed by atoms with E-state index in [1.807, 2.05) is 66.7 Å². The Labute approximate surface area is 229 Å². The molecule has 0 saturated carbocycles. The van der Waals surface area contributed by atoms with E-state index in [0.717, 1.165) is 43.1 Å². The molecule has 0 unspecified atom stereocenters. The molecule has 1 amide bonds. The van der Waals surface area contributed by atoms with Gasteiger partial charge in [-0.3, -0.25) is 9.78 Å². The fourth-order valence-electron chi connectivity index (χ4n) is 3.89. The smallest absolute Gasteiger partial charge is 0.257 e. The first-order chi connectivity index (χ1) is 18.5. The number of nitrogens with zero attached hydrogens (tertiary/aromatic N) is 2. The number of carbonyl (C=O) groups excluding carboxylic acids is 1. The lowest BCUT2D eigenvalue weighted by atomic mass is 10.1. The number of benzene rings is 3. The standard InChI is InChI=1S/C31H32ClN3O3/c1-3-35(4-2)20-5-21-37-27-17-11-26(12-18-27)34-31(36)24-8-19-30(33-22-24)23-6-13-28(14-7-23)38-29-15-9-25(32)10-16-29/h6-19,22H,3-5,20-21H2,1-2H3,(H,34,36). The number of hydrogen-bond donors (Lipinski definition) is 1. The molecule has 38 heavy (non-hydrogen) atoms. The Kier molecular flexibility index (Phi) is 9.73. The largest absolute Gasteiger partial charge is 0.494 e. The molecule has 0 aliphatic rings. The molecule has 4 aromatic rings. The third-order valence-electron chi connectivity index (χ3n) is 6.12. The maximum atomic E-state index is 12.7. The number of rotatable bonds is 12. The van der Waals surface area contributed by atoms with Crippen LogP contribution in [0.3, 0.4) is 0 Å². The van der Waals surface area contributed by atoms with Gasteiger partial charge < -0.3 is 19.7 Å². The lowest BCUT2D eigenvalue weighted by Crippen LogP contribution is -2.25. The van der Waals surface area contributed by atoms with Crippen LogP contribution in [0.25, 0.3) is 11.3 Å². The van der Waals surface area contributed by atoms with E-state index in [1.54, 1.807) is 24.4 Å². The summed E-state index contributed by atoms with van der Waals surface area (Å²) in [4.78, 5) is 19.6. The first kappa shape index (κ1) is 27.2. The SMILES string of the molecule is CCN(CC)CCCOc1ccc(NC(=O)c2ccc(-c3ccc(Oc4ccc(Cl)cc4)cc3)nc2)cc1. The first-order valence-corrected chi connectivity index (χ1v) is 13.2. The zero-order valence-electron chi connectivity index (χ0n) is 21.7. The summed E-state index contributed by atoms with van der Waals surface area (Å²) in [5.41, 5.74) is 2.87. The highest BCUT2D eigenvalue weighted by molar-refractivity contribution is 6.30. The second kappa shape index (κ2) is 13.6. The van der Waals surface area contributed by atoms with Gasteiger partial charge >= 0.3 is 0 Å². The second-order valence-corrected chi connectivity index (χ2v) is 9.16. The highest BCUT2D eigenvalue weighted by Crippen LogP contribution is 2.26. The number of nitrogens with one attached hydrogen (secondary N) is 1. The van der Waals surface area contributed by atoms with Crippen LogP contribution in [0.1, 0.15) is 30.6 Å². The zero-order chi connectivity index (χ0) is 26.7. The highest BCUT2D eigenvalue weighted by Gasteiger charge is 2.09. The van der Waals surface area contributed by atoms with E-state index in [4.69, 9.17) is 21.1 Å². The van der Waals surface area contributed by atoms with E-state index in [0.29, 0.717) is 34.4 Å². The molecule has 0 fully saturated rings. The van der Waals surface area contributed by atoms with Crippen LogP contribution in [-0.4, -0.2) is 42.0 Å². The molecule has 1 heterocycles. The molecule has 0 aliphatic heterocycles. The fraction of sp³-hybridized carbons (Fsp3) is 0.226. The summed E-state index contributed by atoms with van der Waals surface area (Å²) in [5.74, 6) is 1.99. The first-order valence-electron chi connectivity index (χ1n) is 12.8. The number of ether oxygens (including phenoxy) is 2. The van der Waals surface area contributed by atoms with Crippen molar-refractivity contribution in [3.05, 3.63) is 102 Å². The van der Waals surface area contributed by atoms with Crippen LogP contribution in [-0.2, 0) is 0 Å². The van der Waals surface area contributed by atoms with Crippen molar-refractivity contribution >= 4 is 23.2 Å². The van der Waals surface area contributed by atoms with Crippen molar-refractivity contribution in [2.24, 2.45) is 0 Å². The molecule has 1 N–H and O–H groups in total. The minimum absolute atomic E-state index is 0.219. The molecule has 7 heteroatoms. The molecule has 0 atom stereocenters. The van der Waals surface area contributed by atoms with Gasteiger partial charge in [0.1, 0.15) is 17.2 Å². The predicted octanol–water partition coefficient (Wildman–Crippen LogP) is 7.56. The van der Waals surface area contributed by atoms with E-state index in [9.17, 15) is 4.79 Å². The molecule has 0 aliphatic carbocycles. The van der Waals surface area contributed by atoms with E-state index >= 15 is 0 Å². The van der Waals surface area contributed by atoms with Gasteiger partial charge in [-0.1, -0.05) is 25.4 Å². The van der Waals surface area contributed by atoms with Gasteiger partial charge in [-0.25, -0.2) is 0 Å². The molecule has 1 aromatic heterocycles. The fourth-order valence-corrected chi connectivity index (χ4v) is 4.01. The van der Waals surface area contributed by atoms with Crippen molar-refractivity contribution in [1.29, 1.82) is 0 Å². The lowest BCUT2D eigenvalue weighted by Gasteiger charge is -2.17. The summed E-state index contributed by atoms with van der Waals surface area (Å²) in [7, 11) is 0. The molecule has 0 radical (unpaired) electrons. The monoisotopic (exact) mass is 529 g/mol. The van der Waals surface area contributed by atoms with Gasteiger partial charge in [0.2, 0.25) is 0 Å². The quantitative estimate of drug-likeness (QED) is 0.192. The van der Waals surface area contributed by atoms with Crippen molar-refractivity contribution in [3.63, 3.8) is 0 Å². The maximum absolute atomic E-state index is 12.7. The van der Waals surface area contributed by atoms with Crippen LogP contribution in [0.5, 0.6) is 17.2 Å². The van der Waals surface area contributed by atoms with E-state index < -0.39 is 0 Å². The Balaban J connectivity index is 1.27. The summed E-state index contributed by atoms with van der Waals surface area (Å²) in [5, 5.41) is 3.57. The van der Waals surface area contributed by atoms with Crippen molar-refractivity contribution in [3.8, 4) is 28.5 Å². The third kappa shape index (κ3) is 7.81. The van der Waals surface area contributed by atoms with Crippen LogP contribution in [0, 0.1) is 0 Å². The van der Waals surface area contributed by atoms with Gasteiger partial charge in [-0.15, -0.1) is 0 Å². The van der Waals surface area contributed by atoms with Crippen LogP contribution < -0.4 is 14.8 Å². The topological polar surface area (TPSA) is 63.7 Å². The number of halogens is 1. The molecule has 4 rings (SSSR count). The summed E-state index contributed by atoms with van der Waals surface area (Å²) >= 11 is 5.92. The molecule has 3 aromatic carbocycles. The average molecular weight is 530 g/mol. The number of anilines is 1. The normalized spacial score (nSPS) is 10.8. The van der Waals surface area contributed by atoms with Crippen LogP contribution in [0.4, 0.5) is 5.69 Å². The minimum Gasteiger partial charge on any atom is -0.494 e. The second-order valence-electron chi connectivity index (χ2n) is 8.72. The molecule has 0 saturated heterocycles. The Bertz CT molecular complexity index is 1290. The molecule has 0 bridgehead atoms. The Morgan fingerprint density at radius 1 is 0.842 bits per heavy atom. The molecule has 6 nitrogen and oxygen atoms in total. The van der Waals surface area contributed by atoms with Crippen molar-refractivity contribution in [2.45, 2.75) is 20.3 Å².